The summed E-state index contributed by atoms with van der Waals surface area (Å²) in [4.78, 5) is 16.8. The Morgan fingerprint density at radius 2 is 1.75 bits per heavy atom. The molecular formula is C19H22ClN3O. The van der Waals surface area contributed by atoms with Gasteiger partial charge in [-0.2, -0.15) is 0 Å². The fraction of sp³-hybridized carbons (Fsp3) is 0.316. The van der Waals surface area contributed by atoms with E-state index in [9.17, 15) is 4.79 Å². The van der Waals surface area contributed by atoms with Crippen LogP contribution in [0.4, 0.5) is 5.69 Å². The highest BCUT2D eigenvalue weighted by Gasteiger charge is 2.23. The van der Waals surface area contributed by atoms with Gasteiger partial charge in [-0.15, -0.1) is 0 Å². The number of rotatable bonds is 3. The summed E-state index contributed by atoms with van der Waals surface area (Å²) >= 11 is 6.12. The molecule has 0 bridgehead atoms. The van der Waals surface area contributed by atoms with Gasteiger partial charge in [-0.25, -0.2) is 0 Å². The Bertz CT molecular complexity index is 722. The first-order chi connectivity index (χ1) is 11.6. The predicted octanol–water partition coefficient (Wildman–Crippen LogP) is 3.07. The molecule has 0 aromatic heterocycles. The van der Waals surface area contributed by atoms with Gasteiger partial charge in [-0.3, -0.25) is 4.79 Å². The first-order valence-corrected chi connectivity index (χ1v) is 8.55. The van der Waals surface area contributed by atoms with Crippen LogP contribution in [0.25, 0.3) is 0 Å². The molecule has 5 heteroatoms. The van der Waals surface area contributed by atoms with Crippen LogP contribution in [0, 0.1) is 6.92 Å². The van der Waals surface area contributed by atoms with Crippen LogP contribution in [0.3, 0.4) is 0 Å². The Kier molecular flexibility index (Phi) is 5.07. The van der Waals surface area contributed by atoms with Gasteiger partial charge in [0.05, 0.1) is 0 Å². The Morgan fingerprint density at radius 1 is 1.08 bits per heavy atom. The second kappa shape index (κ2) is 7.24. The topological polar surface area (TPSA) is 49.6 Å². The summed E-state index contributed by atoms with van der Waals surface area (Å²) in [5, 5.41) is 0.745. The number of piperazine rings is 1. The molecule has 1 aliphatic heterocycles. The maximum absolute atomic E-state index is 12.6. The summed E-state index contributed by atoms with van der Waals surface area (Å²) in [6.07, 6.45) is 0. The number of carbonyl (C=O) groups excluding carboxylic acids is 1. The molecule has 24 heavy (non-hydrogen) atoms. The minimum Gasteiger partial charge on any atom is -0.368 e. The number of nitrogens with two attached hydrogens (primary N) is 1. The normalized spacial score (nSPS) is 14.8. The second-order valence-corrected chi connectivity index (χ2v) is 6.55. The van der Waals surface area contributed by atoms with E-state index in [1.54, 1.807) is 0 Å². The zero-order chi connectivity index (χ0) is 17.1. The van der Waals surface area contributed by atoms with Crippen LogP contribution >= 0.6 is 11.6 Å². The summed E-state index contributed by atoms with van der Waals surface area (Å²) in [5.74, 6) is 0.0843. The number of benzene rings is 2. The third kappa shape index (κ3) is 3.55. The number of halogens is 1. The first-order valence-electron chi connectivity index (χ1n) is 8.18. The smallest absolute Gasteiger partial charge is 0.253 e. The molecule has 0 spiro atoms. The van der Waals surface area contributed by atoms with E-state index < -0.39 is 0 Å². The number of aryl methyl sites for hydroxylation is 1. The molecule has 2 aromatic rings. The van der Waals surface area contributed by atoms with Gasteiger partial charge >= 0.3 is 0 Å². The van der Waals surface area contributed by atoms with Gasteiger partial charge in [0.2, 0.25) is 0 Å². The minimum absolute atomic E-state index is 0.0843. The Balaban J connectivity index is 1.65. The summed E-state index contributed by atoms with van der Waals surface area (Å²) in [6.45, 7) is 5.63. The zero-order valence-corrected chi connectivity index (χ0v) is 14.6. The fourth-order valence-corrected chi connectivity index (χ4v) is 3.21. The lowest BCUT2D eigenvalue weighted by Crippen LogP contribution is -2.49. The Hall–Kier alpha value is -2.04. The molecule has 0 radical (unpaired) electrons. The van der Waals surface area contributed by atoms with Crippen LogP contribution in [0.15, 0.2) is 42.5 Å². The Morgan fingerprint density at radius 3 is 2.38 bits per heavy atom. The van der Waals surface area contributed by atoms with Crippen molar-refractivity contribution in [2.75, 3.05) is 31.1 Å². The van der Waals surface area contributed by atoms with Gasteiger partial charge in [0.15, 0.2) is 0 Å². The molecule has 0 atom stereocenters. The third-order valence-corrected chi connectivity index (χ3v) is 4.75. The molecule has 0 saturated carbocycles. The van der Waals surface area contributed by atoms with Crippen LogP contribution in [-0.4, -0.2) is 37.0 Å². The summed E-state index contributed by atoms with van der Waals surface area (Å²) in [6, 6.07) is 13.5. The standard InChI is InChI=1S/C19H22ClN3O/c1-14-2-7-17(20)12-18(14)22-8-10-23(11-9-22)19(24)16-5-3-15(13-21)4-6-16/h2-7,12H,8-11,13,21H2,1H3. The number of anilines is 1. The van der Waals surface area contributed by atoms with E-state index in [0.29, 0.717) is 19.6 Å². The van der Waals surface area contributed by atoms with Crippen molar-refractivity contribution in [3.05, 3.63) is 64.2 Å². The van der Waals surface area contributed by atoms with Crippen molar-refractivity contribution in [1.82, 2.24) is 4.90 Å². The molecule has 2 N–H and O–H groups in total. The molecule has 1 amide bonds. The minimum atomic E-state index is 0.0843. The lowest BCUT2D eigenvalue weighted by atomic mass is 10.1. The lowest BCUT2D eigenvalue weighted by Gasteiger charge is -2.37. The number of amides is 1. The molecule has 0 unspecified atom stereocenters. The predicted molar refractivity (Wildman–Crippen MR) is 98.6 cm³/mol. The van der Waals surface area contributed by atoms with Crippen LogP contribution < -0.4 is 10.6 Å². The van der Waals surface area contributed by atoms with E-state index in [4.69, 9.17) is 17.3 Å². The Labute approximate surface area is 147 Å². The van der Waals surface area contributed by atoms with E-state index in [2.05, 4.69) is 11.8 Å². The van der Waals surface area contributed by atoms with Gasteiger partial charge in [0.25, 0.3) is 5.91 Å². The number of nitrogens with zero attached hydrogens (tertiary/aromatic N) is 2. The molecule has 1 fully saturated rings. The molecule has 1 saturated heterocycles. The highest BCUT2D eigenvalue weighted by atomic mass is 35.5. The maximum atomic E-state index is 12.6. The zero-order valence-electron chi connectivity index (χ0n) is 13.8. The van der Waals surface area contributed by atoms with Crippen molar-refractivity contribution < 1.29 is 4.79 Å². The number of carbonyl (C=O) groups is 1. The molecule has 2 aromatic carbocycles. The average molecular weight is 344 g/mol. The lowest BCUT2D eigenvalue weighted by molar-refractivity contribution is 0.0747. The summed E-state index contributed by atoms with van der Waals surface area (Å²) in [5.41, 5.74) is 9.72. The monoisotopic (exact) mass is 343 g/mol. The average Bonchev–Trinajstić information content (AvgIpc) is 2.63. The van der Waals surface area contributed by atoms with Crippen LogP contribution in [0.5, 0.6) is 0 Å². The first kappa shape index (κ1) is 16.8. The SMILES string of the molecule is Cc1ccc(Cl)cc1N1CCN(C(=O)c2ccc(CN)cc2)CC1. The molecule has 0 aliphatic carbocycles. The number of hydrogen-bond donors (Lipinski definition) is 1. The highest BCUT2D eigenvalue weighted by molar-refractivity contribution is 6.30. The van der Waals surface area contributed by atoms with E-state index in [-0.39, 0.29) is 5.91 Å². The molecule has 126 valence electrons. The van der Waals surface area contributed by atoms with E-state index in [1.165, 1.54) is 5.56 Å². The number of hydrogen-bond acceptors (Lipinski definition) is 3. The van der Waals surface area contributed by atoms with Crippen molar-refractivity contribution in [2.24, 2.45) is 5.73 Å². The van der Waals surface area contributed by atoms with Crippen LogP contribution in [-0.2, 0) is 6.54 Å². The van der Waals surface area contributed by atoms with Crippen molar-refractivity contribution in [3.8, 4) is 0 Å². The summed E-state index contributed by atoms with van der Waals surface area (Å²) < 4.78 is 0. The largest absolute Gasteiger partial charge is 0.368 e. The second-order valence-electron chi connectivity index (χ2n) is 6.11. The quantitative estimate of drug-likeness (QED) is 0.931. The van der Waals surface area contributed by atoms with Gasteiger partial charge in [0.1, 0.15) is 0 Å². The van der Waals surface area contributed by atoms with Crippen molar-refractivity contribution in [1.29, 1.82) is 0 Å². The van der Waals surface area contributed by atoms with Gasteiger partial charge in [-0.1, -0.05) is 29.8 Å². The maximum Gasteiger partial charge on any atom is 0.253 e. The highest BCUT2D eigenvalue weighted by Crippen LogP contribution is 2.25. The molecule has 4 nitrogen and oxygen atoms in total. The van der Waals surface area contributed by atoms with E-state index >= 15 is 0 Å². The van der Waals surface area contributed by atoms with Crippen LogP contribution in [0.1, 0.15) is 21.5 Å². The fourth-order valence-electron chi connectivity index (χ4n) is 3.04. The van der Waals surface area contributed by atoms with Gasteiger partial charge < -0.3 is 15.5 Å². The van der Waals surface area contributed by atoms with E-state index in [0.717, 1.165) is 34.9 Å². The van der Waals surface area contributed by atoms with Gasteiger partial charge in [-0.05, 0) is 42.3 Å². The van der Waals surface area contributed by atoms with Crippen LogP contribution in [0.2, 0.25) is 5.02 Å². The molecule has 1 aliphatic rings. The summed E-state index contributed by atoms with van der Waals surface area (Å²) in [7, 11) is 0. The molecule has 3 rings (SSSR count). The van der Waals surface area contributed by atoms with E-state index in [1.807, 2.05) is 47.4 Å². The molecule has 1 heterocycles. The third-order valence-electron chi connectivity index (χ3n) is 4.52. The van der Waals surface area contributed by atoms with Crippen molar-refractivity contribution in [2.45, 2.75) is 13.5 Å². The van der Waals surface area contributed by atoms with Crippen molar-refractivity contribution >= 4 is 23.2 Å². The molecular weight excluding hydrogens is 322 g/mol. The van der Waals surface area contributed by atoms with Gasteiger partial charge in [0, 0.05) is 49.0 Å². The van der Waals surface area contributed by atoms with Crippen molar-refractivity contribution in [3.63, 3.8) is 0 Å².